The Hall–Kier alpha value is -2.09. The second-order valence-corrected chi connectivity index (χ2v) is 5.55. The van der Waals surface area contributed by atoms with Crippen LogP contribution in [0.25, 0.3) is 0 Å². The largest absolute Gasteiger partial charge is 0.489 e. The molecule has 0 aromatic heterocycles. The van der Waals surface area contributed by atoms with E-state index >= 15 is 0 Å². The van der Waals surface area contributed by atoms with Crippen LogP contribution in [0.4, 0.5) is 10.5 Å². The molecule has 5 N–H and O–H groups in total. The standard InChI is InChI=1S/C15H17BrN4O2/c1-10-4-2-7-14(20(18)15(21)19-17)13(10)9-22-12-6-3-5-11(16)8-12/h2-8H,9,17-18H2,1H3,(H,19,21). The molecular formula is C15H17BrN4O2. The zero-order valence-electron chi connectivity index (χ0n) is 12.0. The van der Waals surface area contributed by atoms with Gasteiger partial charge in [0.1, 0.15) is 12.4 Å². The number of nitrogens with zero attached hydrogens (tertiary/aromatic N) is 1. The first-order valence-corrected chi connectivity index (χ1v) is 7.34. The van der Waals surface area contributed by atoms with Crippen LogP contribution in [-0.2, 0) is 6.61 Å². The van der Waals surface area contributed by atoms with Gasteiger partial charge in [-0.25, -0.2) is 21.5 Å². The second kappa shape index (κ2) is 7.26. The highest BCUT2D eigenvalue weighted by molar-refractivity contribution is 9.10. The number of aryl methyl sites for hydroxylation is 1. The van der Waals surface area contributed by atoms with E-state index in [9.17, 15) is 4.79 Å². The lowest BCUT2D eigenvalue weighted by Gasteiger charge is -2.21. The summed E-state index contributed by atoms with van der Waals surface area (Å²) in [5, 5.41) is 0.965. The topological polar surface area (TPSA) is 93.6 Å². The van der Waals surface area contributed by atoms with E-state index in [0.29, 0.717) is 5.69 Å². The van der Waals surface area contributed by atoms with E-state index in [1.165, 1.54) is 0 Å². The smallest absolute Gasteiger partial charge is 0.350 e. The van der Waals surface area contributed by atoms with Gasteiger partial charge in [0.15, 0.2) is 0 Å². The van der Waals surface area contributed by atoms with Gasteiger partial charge in [0, 0.05) is 10.0 Å². The first kappa shape index (κ1) is 16.3. The number of hydrazine groups is 2. The SMILES string of the molecule is Cc1cccc(N(N)C(=O)NN)c1COc1cccc(Br)c1. The summed E-state index contributed by atoms with van der Waals surface area (Å²) >= 11 is 3.39. The molecule has 0 aliphatic carbocycles. The van der Waals surface area contributed by atoms with Crippen molar-refractivity contribution in [1.82, 2.24) is 5.43 Å². The molecule has 0 radical (unpaired) electrons. The summed E-state index contributed by atoms with van der Waals surface area (Å²) < 4.78 is 6.71. The number of ether oxygens (including phenoxy) is 1. The van der Waals surface area contributed by atoms with E-state index in [2.05, 4.69) is 15.9 Å². The first-order valence-electron chi connectivity index (χ1n) is 6.55. The van der Waals surface area contributed by atoms with Gasteiger partial charge in [-0.2, -0.15) is 0 Å². The molecule has 6 nitrogen and oxygen atoms in total. The Morgan fingerprint density at radius 3 is 2.73 bits per heavy atom. The minimum atomic E-state index is -0.602. The van der Waals surface area contributed by atoms with Gasteiger partial charge in [-0.3, -0.25) is 5.43 Å². The maximum absolute atomic E-state index is 11.6. The third kappa shape index (κ3) is 3.76. The van der Waals surface area contributed by atoms with Crippen LogP contribution in [0, 0.1) is 6.92 Å². The molecule has 0 spiro atoms. The highest BCUT2D eigenvalue weighted by Crippen LogP contribution is 2.25. The van der Waals surface area contributed by atoms with Crippen LogP contribution in [0.5, 0.6) is 5.75 Å². The van der Waals surface area contributed by atoms with Crippen molar-refractivity contribution in [3.63, 3.8) is 0 Å². The van der Waals surface area contributed by atoms with E-state index < -0.39 is 6.03 Å². The molecule has 0 aliphatic heterocycles. The molecule has 2 aromatic carbocycles. The molecule has 7 heteroatoms. The molecule has 0 atom stereocenters. The van der Waals surface area contributed by atoms with Crippen molar-refractivity contribution in [1.29, 1.82) is 0 Å². The van der Waals surface area contributed by atoms with Crippen molar-refractivity contribution in [2.45, 2.75) is 13.5 Å². The number of hydrogen-bond acceptors (Lipinski definition) is 4. The minimum absolute atomic E-state index is 0.282. The molecule has 2 rings (SSSR count). The van der Waals surface area contributed by atoms with Crippen LogP contribution in [0.3, 0.4) is 0 Å². The van der Waals surface area contributed by atoms with Gasteiger partial charge in [-0.15, -0.1) is 0 Å². The predicted molar refractivity (Wildman–Crippen MR) is 89.0 cm³/mol. The van der Waals surface area contributed by atoms with Crippen molar-refractivity contribution in [2.75, 3.05) is 5.01 Å². The fourth-order valence-electron chi connectivity index (χ4n) is 1.99. The van der Waals surface area contributed by atoms with Gasteiger partial charge >= 0.3 is 6.03 Å². The number of halogens is 1. The first-order chi connectivity index (χ1) is 10.5. The monoisotopic (exact) mass is 364 g/mol. The molecule has 22 heavy (non-hydrogen) atoms. The Labute approximate surface area is 137 Å². The zero-order valence-corrected chi connectivity index (χ0v) is 13.6. The maximum atomic E-state index is 11.6. The molecule has 0 saturated carbocycles. The van der Waals surface area contributed by atoms with Gasteiger partial charge in [0.2, 0.25) is 0 Å². The van der Waals surface area contributed by atoms with Crippen LogP contribution in [0.1, 0.15) is 11.1 Å². The number of carbonyl (C=O) groups is 1. The normalized spacial score (nSPS) is 10.2. The lowest BCUT2D eigenvalue weighted by molar-refractivity contribution is 0.246. The maximum Gasteiger partial charge on any atom is 0.350 e. The van der Waals surface area contributed by atoms with Crippen molar-refractivity contribution >= 4 is 27.6 Å². The van der Waals surface area contributed by atoms with Crippen molar-refractivity contribution in [3.05, 3.63) is 58.1 Å². The van der Waals surface area contributed by atoms with Crippen LogP contribution < -0.4 is 26.9 Å². The molecule has 0 bridgehead atoms. The van der Waals surface area contributed by atoms with Crippen molar-refractivity contribution in [3.8, 4) is 5.75 Å². The Morgan fingerprint density at radius 2 is 2.05 bits per heavy atom. The summed E-state index contributed by atoms with van der Waals surface area (Å²) in [5.74, 6) is 11.6. The third-order valence-electron chi connectivity index (χ3n) is 3.17. The summed E-state index contributed by atoms with van der Waals surface area (Å²) in [5.41, 5.74) is 4.32. The Bertz CT molecular complexity index is 678. The number of anilines is 1. The van der Waals surface area contributed by atoms with Crippen molar-refractivity contribution in [2.24, 2.45) is 11.7 Å². The number of urea groups is 1. The molecule has 116 valence electrons. The highest BCUT2D eigenvalue weighted by atomic mass is 79.9. The average Bonchev–Trinajstić information content (AvgIpc) is 2.52. The number of carbonyl (C=O) groups excluding carboxylic acids is 1. The molecule has 2 amide bonds. The highest BCUT2D eigenvalue weighted by Gasteiger charge is 2.16. The third-order valence-corrected chi connectivity index (χ3v) is 3.66. The minimum Gasteiger partial charge on any atom is -0.489 e. The molecular weight excluding hydrogens is 348 g/mol. The number of hydrogen-bond donors (Lipinski definition) is 3. The molecule has 0 unspecified atom stereocenters. The summed E-state index contributed by atoms with van der Waals surface area (Å²) in [6.45, 7) is 2.21. The van der Waals surface area contributed by atoms with Crippen LogP contribution >= 0.6 is 15.9 Å². The molecule has 0 heterocycles. The van der Waals surface area contributed by atoms with Crippen molar-refractivity contribution < 1.29 is 9.53 Å². The van der Waals surface area contributed by atoms with Gasteiger partial charge < -0.3 is 4.74 Å². The molecule has 0 aliphatic rings. The van der Waals surface area contributed by atoms with E-state index in [-0.39, 0.29) is 6.61 Å². The van der Waals surface area contributed by atoms with Gasteiger partial charge in [0.05, 0.1) is 5.69 Å². The summed E-state index contributed by atoms with van der Waals surface area (Å²) in [4.78, 5) is 11.6. The second-order valence-electron chi connectivity index (χ2n) is 4.64. The van der Waals surface area contributed by atoms with Gasteiger partial charge in [-0.05, 0) is 36.8 Å². The average molecular weight is 365 g/mol. The number of nitrogens with two attached hydrogens (primary N) is 2. The van der Waals surface area contributed by atoms with E-state index in [0.717, 1.165) is 26.4 Å². The number of rotatable bonds is 4. The number of nitrogens with one attached hydrogen (secondary N) is 1. The number of amides is 2. The van der Waals surface area contributed by atoms with E-state index in [1.807, 2.05) is 48.7 Å². The van der Waals surface area contributed by atoms with E-state index in [1.54, 1.807) is 6.07 Å². The van der Waals surface area contributed by atoms with Gasteiger partial charge in [-0.1, -0.05) is 34.1 Å². The molecule has 2 aromatic rings. The lowest BCUT2D eigenvalue weighted by atomic mass is 10.1. The number of benzene rings is 2. The van der Waals surface area contributed by atoms with Crippen LogP contribution in [0.2, 0.25) is 0 Å². The Morgan fingerprint density at radius 1 is 1.32 bits per heavy atom. The summed E-state index contributed by atoms with van der Waals surface area (Å²) in [7, 11) is 0. The predicted octanol–water partition coefficient (Wildman–Crippen LogP) is 2.60. The fourth-order valence-corrected chi connectivity index (χ4v) is 2.37. The van der Waals surface area contributed by atoms with Gasteiger partial charge in [0.25, 0.3) is 0 Å². The molecule has 0 saturated heterocycles. The van der Waals surface area contributed by atoms with Crippen LogP contribution in [0.15, 0.2) is 46.9 Å². The fraction of sp³-hybridized carbons (Fsp3) is 0.133. The summed E-state index contributed by atoms with van der Waals surface area (Å²) in [6, 6.07) is 12.4. The van der Waals surface area contributed by atoms with E-state index in [4.69, 9.17) is 16.4 Å². The molecule has 0 fully saturated rings. The van der Waals surface area contributed by atoms with Crippen LogP contribution in [-0.4, -0.2) is 6.03 Å². The zero-order chi connectivity index (χ0) is 16.1. The summed E-state index contributed by atoms with van der Waals surface area (Å²) in [6.07, 6.45) is 0. The Balaban J connectivity index is 2.24. The Kier molecular flexibility index (Phi) is 5.37. The lowest BCUT2D eigenvalue weighted by Crippen LogP contribution is -2.48. The quantitative estimate of drug-likeness (QED) is 0.441.